The van der Waals surface area contributed by atoms with E-state index in [4.69, 9.17) is 18.5 Å². The van der Waals surface area contributed by atoms with Crippen molar-refractivity contribution in [2.45, 2.75) is 180 Å². The fourth-order valence-electron chi connectivity index (χ4n) is 5.54. The molecule has 0 radical (unpaired) electrons. The van der Waals surface area contributed by atoms with Crippen molar-refractivity contribution in [3.05, 3.63) is 48.8 Å². The quantitative estimate of drug-likeness (QED) is 0.0166. The second-order valence-corrected chi connectivity index (χ2v) is 16.9. The summed E-state index contributed by atoms with van der Waals surface area (Å²) in [4.78, 5) is 22.6. The van der Waals surface area contributed by atoms with Gasteiger partial charge in [-0.1, -0.05) is 147 Å². The van der Waals surface area contributed by atoms with Gasteiger partial charge >= 0.3 is 13.8 Å². The number of esters is 1. The van der Waals surface area contributed by atoms with E-state index in [0.29, 0.717) is 17.4 Å². The normalized spacial score (nSPS) is 14.2. The van der Waals surface area contributed by atoms with Gasteiger partial charge in [0.2, 0.25) is 0 Å². The average Bonchev–Trinajstić information content (AvgIpc) is 3.11. The van der Waals surface area contributed by atoms with Crippen LogP contribution in [0.3, 0.4) is 0 Å². The molecule has 53 heavy (non-hydrogen) atoms. The van der Waals surface area contributed by atoms with E-state index in [1.54, 1.807) is 6.26 Å². The molecule has 2 unspecified atom stereocenters. The minimum atomic E-state index is -4.27. The number of nitrogens with zero attached hydrogens (tertiary/aromatic N) is 1. The third kappa shape index (κ3) is 41.3. The van der Waals surface area contributed by atoms with Crippen LogP contribution < -0.4 is 0 Å². The number of quaternary nitrogens is 1. The van der Waals surface area contributed by atoms with E-state index in [1.807, 2.05) is 27.2 Å². The van der Waals surface area contributed by atoms with Gasteiger partial charge in [0, 0.05) is 6.42 Å². The molecule has 0 fully saturated rings. The summed E-state index contributed by atoms with van der Waals surface area (Å²) in [5, 5.41) is 0. The van der Waals surface area contributed by atoms with Gasteiger partial charge in [0.15, 0.2) is 6.10 Å². The van der Waals surface area contributed by atoms with E-state index < -0.39 is 13.9 Å². The zero-order chi connectivity index (χ0) is 39.1. The van der Waals surface area contributed by atoms with Crippen LogP contribution in [0.5, 0.6) is 0 Å². The highest BCUT2D eigenvalue weighted by atomic mass is 31.2. The highest BCUT2D eigenvalue weighted by molar-refractivity contribution is 7.47. The highest BCUT2D eigenvalue weighted by Crippen LogP contribution is 2.43. The first kappa shape index (κ1) is 51.3. The fraction of sp³-hybridized carbons (Fsp3) is 0.795. The number of phosphoric ester groups is 1. The van der Waals surface area contributed by atoms with Crippen molar-refractivity contribution in [3.63, 3.8) is 0 Å². The molecule has 0 rings (SSSR count). The minimum Gasteiger partial charge on any atom is -0.492 e. The largest absolute Gasteiger partial charge is 0.492 e. The maximum atomic E-state index is 12.5. The Morgan fingerprint density at radius 2 is 1.06 bits per heavy atom. The van der Waals surface area contributed by atoms with E-state index in [1.165, 1.54) is 96.3 Å². The van der Waals surface area contributed by atoms with Gasteiger partial charge < -0.3 is 18.9 Å². The van der Waals surface area contributed by atoms with E-state index in [9.17, 15) is 14.3 Å². The lowest BCUT2D eigenvalue weighted by atomic mass is 10.0. The number of hydrogen-bond donors (Lipinski definition) is 1. The maximum absolute atomic E-state index is 12.5. The van der Waals surface area contributed by atoms with Gasteiger partial charge in [-0.25, -0.2) is 4.57 Å². The van der Waals surface area contributed by atoms with E-state index in [0.717, 1.165) is 57.8 Å². The molecule has 2 atom stereocenters. The number of allylic oxidation sites excluding steroid dienone is 7. The molecule has 8 nitrogen and oxygen atoms in total. The zero-order valence-electron chi connectivity index (χ0n) is 35.0. The van der Waals surface area contributed by atoms with Crippen molar-refractivity contribution in [3.8, 4) is 0 Å². The number of phosphoric acid groups is 1. The molecule has 0 aliphatic rings. The number of rotatable bonds is 39. The molecule has 1 N–H and O–H groups in total. The zero-order valence-corrected chi connectivity index (χ0v) is 35.9. The summed E-state index contributed by atoms with van der Waals surface area (Å²) < 4.78 is 34.7. The highest BCUT2D eigenvalue weighted by Gasteiger charge is 2.25. The molecule has 0 aromatic rings. The smallest absolute Gasteiger partial charge is 0.472 e. The third-order valence-electron chi connectivity index (χ3n) is 8.98. The Labute approximate surface area is 327 Å². The predicted octanol–water partition coefficient (Wildman–Crippen LogP) is 12.7. The van der Waals surface area contributed by atoms with Crippen LogP contribution >= 0.6 is 7.82 Å². The summed E-state index contributed by atoms with van der Waals surface area (Å²) in [7, 11) is 1.66. The van der Waals surface area contributed by atoms with Crippen LogP contribution in [0.15, 0.2) is 48.8 Å². The maximum Gasteiger partial charge on any atom is 0.472 e. The van der Waals surface area contributed by atoms with Crippen LogP contribution in [-0.2, 0) is 27.9 Å². The van der Waals surface area contributed by atoms with Gasteiger partial charge in [-0.3, -0.25) is 13.8 Å². The summed E-state index contributed by atoms with van der Waals surface area (Å²) in [6.45, 7) is 4.85. The van der Waals surface area contributed by atoms with Crippen LogP contribution in [0.25, 0.3) is 0 Å². The Hall–Kier alpha value is -1.70. The molecule has 0 spiro atoms. The fourth-order valence-corrected chi connectivity index (χ4v) is 6.28. The van der Waals surface area contributed by atoms with Crippen molar-refractivity contribution >= 4 is 13.8 Å². The lowest BCUT2D eigenvalue weighted by Crippen LogP contribution is -2.37. The Morgan fingerprint density at radius 1 is 0.604 bits per heavy atom. The van der Waals surface area contributed by atoms with Gasteiger partial charge in [0.25, 0.3) is 0 Å². The molecule has 310 valence electrons. The van der Waals surface area contributed by atoms with Gasteiger partial charge in [-0.15, -0.1) is 0 Å². The number of hydrogen-bond acceptors (Lipinski definition) is 6. The topological polar surface area (TPSA) is 91.3 Å². The Kier molecular flexibility index (Phi) is 36.0. The predicted molar refractivity (Wildman–Crippen MR) is 224 cm³/mol. The molecule has 0 amide bonds. The SMILES string of the molecule is CCCCC/C=C\C/C=C\C/C=C\CCCCCCC(=O)OCC(COP(=O)(O)OCC[N+](C)(C)C)O/C=C\CCCCCCCCCCCCCC. The van der Waals surface area contributed by atoms with Crippen LogP contribution in [0.4, 0.5) is 0 Å². The molecule has 0 aromatic heterocycles. The molecule has 0 heterocycles. The number of ether oxygens (including phenoxy) is 2. The Bertz CT molecular complexity index is 989. The van der Waals surface area contributed by atoms with Gasteiger partial charge in [0.05, 0.1) is 34.0 Å². The average molecular weight is 769 g/mol. The molecular weight excluding hydrogens is 685 g/mol. The van der Waals surface area contributed by atoms with Crippen molar-refractivity contribution in [1.29, 1.82) is 0 Å². The van der Waals surface area contributed by atoms with E-state index >= 15 is 0 Å². The summed E-state index contributed by atoms with van der Waals surface area (Å²) in [6.07, 6.45) is 45.3. The lowest BCUT2D eigenvalue weighted by molar-refractivity contribution is -0.870. The minimum absolute atomic E-state index is 0.0604. The van der Waals surface area contributed by atoms with Crippen molar-refractivity contribution in [2.75, 3.05) is 47.5 Å². The second-order valence-electron chi connectivity index (χ2n) is 15.4. The molecule has 0 aliphatic carbocycles. The van der Waals surface area contributed by atoms with Crippen molar-refractivity contribution < 1.29 is 37.3 Å². The second kappa shape index (κ2) is 37.2. The molecule has 0 bridgehead atoms. The van der Waals surface area contributed by atoms with E-state index in [2.05, 4.69) is 50.3 Å². The van der Waals surface area contributed by atoms with Crippen LogP contribution in [0, 0.1) is 0 Å². The number of likely N-dealkylation sites (N-methyl/N-ethyl adjacent to an activating group) is 1. The monoisotopic (exact) mass is 769 g/mol. The first-order chi connectivity index (χ1) is 25.6. The molecule has 0 aliphatic heterocycles. The van der Waals surface area contributed by atoms with Gasteiger partial charge in [-0.2, -0.15) is 0 Å². The molecule has 9 heteroatoms. The Balaban J connectivity index is 4.34. The standard InChI is InChI=1S/C44H82NO7P/c1-6-8-10-12-14-16-18-20-22-23-24-25-27-29-31-33-35-37-44(46)50-41-43(42-52-53(47,48)51-40-38-45(3,4)5)49-39-36-34-32-30-28-26-21-19-17-15-13-11-9-7-2/h14,16,20,22,24-25,36,39,43H,6-13,15,17-19,21,23,26-35,37-38,40-42H2,1-5H3/p+1/b16-14-,22-20-,25-24-,39-36-. The van der Waals surface area contributed by atoms with E-state index in [-0.39, 0.29) is 25.8 Å². The molecule has 0 saturated carbocycles. The first-order valence-electron chi connectivity index (χ1n) is 21.4. The van der Waals surface area contributed by atoms with Crippen molar-refractivity contribution in [1.82, 2.24) is 0 Å². The third-order valence-corrected chi connectivity index (χ3v) is 9.97. The van der Waals surface area contributed by atoms with Crippen molar-refractivity contribution in [2.24, 2.45) is 0 Å². The van der Waals surface area contributed by atoms with Gasteiger partial charge in [-0.05, 0) is 63.9 Å². The molecular formula is C44H83NO7P+. The Morgan fingerprint density at radius 3 is 1.60 bits per heavy atom. The first-order valence-corrected chi connectivity index (χ1v) is 22.9. The number of unbranched alkanes of at least 4 members (excludes halogenated alkanes) is 19. The summed E-state index contributed by atoms with van der Waals surface area (Å²) in [5.74, 6) is -0.298. The lowest BCUT2D eigenvalue weighted by Gasteiger charge is -2.24. The van der Waals surface area contributed by atoms with Crippen LogP contribution in [-0.4, -0.2) is 69.0 Å². The molecule has 0 saturated heterocycles. The molecule has 0 aromatic carbocycles. The van der Waals surface area contributed by atoms with Gasteiger partial charge in [0.1, 0.15) is 19.8 Å². The summed E-state index contributed by atoms with van der Waals surface area (Å²) >= 11 is 0. The van der Waals surface area contributed by atoms with Crippen LogP contribution in [0.1, 0.15) is 174 Å². The summed E-state index contributed by atoms with van der Waals surface area (Å²) in [5.41, 5.74) is 0. The number of carbonyl (C=O) groups excluding carboxylic acids is 1. The summed E-state index contributed by atoms with van der Waals surface area (Å²) in [6, 6.07) is 0. The van der Waals surface area contributed by atoms with Crippen LogP contribution in [0.2, 0.25) is 0 Å². The number of carbonyl (C=O) groups is 1.